The van der Waals surface area contributed by atoms with Gasteiger partial charge in [-0.1, -0.05) is 50.6 Å². The molecule has 3 heterocycles. The number of carbonyl (C=O) groups is 3. The number of anilines is 1. The SMILES string of the molecule is C=CCN(CCCC)C(=O)C1N([C@@H](CC)CO)C(=O)[C@@H]2[C@H](C(=O)N(CC=C)c3ccccc3)[C@@H]3CCC12S3. The zero-order valence-corrected chi connectivity index (χ0v) is 23.4. The van der Waals surface area contributed by atoms with Gasteiger partial charge in [-0.25, -0.2) is 0 Å². The molecule has 1 aromatic carbocycles. The Morgan fingerprint density at radius 1 is 1.18 bits per heavy atom. The number of hydrogen-bond donors (Lipinski definition) is 1. The summed E-state index contributed by atoms with van der Waals surface area (Å²) in [6.45, 7) is 12.8. The molecule has 0 aromatic heterocycles. The number of aliphatic hydroxyl groups is 1. The van der Waals surface area contributed by atoms with Gasteiger partial charge in [0.2, 0.25) is 17.7 Å². The molecule has 3 aliphatic heterocycles. The minimum absolute atomic E-state index is 0.0253. The highest BCUT2D eigenvalue weighted by Crippen LogP contribution is 2.67. The Labute approximate surface area is 230 Å². The molecule has 38 heavy (non-hydrogen) atoms. The molecule has 3 fully saturated rings. The van der Waals surface area contributed by atoms with Crippen LogP contribution in [0, 0.1) is 11.8 Å². The fourth-order valence-electron chi connectivity index (χ4n) is 6.67. The third kappa shape index (κ3) is 4.70. The number of rotatable bonds is 13. The Kier molecular flexibility index (Phi) is 9.04. The molecule has 4 rings (SSSR count). The first-order valence-corrected chi connectivity index (χ1v) is 14.8. The van der Waals surface area contributed by atoms with E-state index < -0.39 is 28.7 Å². The molecule has 0 radical (unpaired) electrons. The van der Waals surface area contributed by atoms with E-state index in [1.165, 1.54) is 0 Å². The van der Waals surface area contributed by atoms with E-state index in [1.54, 1.807) is 38.6 Å². The van der Waals surface area contributed by atoms with Gasteiger partial charge < -0.3 is 19.8 Å². The Morgan fingerprint density at radius 2 is 1.89 bits per heavy atom. The van der Waals surface area contributed by atoms with Crippen molar-refractivity contribution in [1.82, 2.24) is 9.80 Å². The van der Waals surface area contributed by atoms with Gasteiger partial charge in [-0.2, -0.15) is 0 Å². The van der Waals surface area contributed by atoms with Crippen molar-refractivity contribution < 1.29 is 19.5 Å². The van der Waals surface area contributed by atoms with E-state index in [4.69, 9.17) is 0 Å². The standard InChI is InChI=1S/C30H41N3O4S/c1-5-9-19-31(17-6-2)29(37)26-30-16-15-23(38-30)24(25(30)28(36)33(26)21(8-4)20-34)27(35)32(18-7-3)22-13-11-10-12-14-22/h6-7,10-14,21,23-26,34H,2-3,5,8-9,15-20H2,1,4H3/t21-,23-,24+,25-,26?,30?/m0/s1. The van der Waals surface area contributed by atoms with Crippen molar-refractivity contribution >= 4 is 35.2 Å². The maximum Gasteiger partial charge on any atom is 0.247 e. The first-order chi connectivity index (χ1) is 18.4. The van der Waals surface area contributed by atoms with Crippen molar-refractivity contribution in [2.24, 2.45) is 11.8 Å². The Bertz CT molecular complexity index is 1050. The van der Waals surface area contributed by atoms with E-state index in [0.29, 0.717) is 32.5 Å². The molecule has 0 aliphatic carbocycles. The topological polar surface area (TPSA) is 81.2 Å². The number of unbranched alkanes of at least 4 members (excludes halogenated alkanes) is 1. The van der Waals surface area contributed by atoms with Crippen LogP contribution in [0.5, 0.6) is 0 Å². The predicted molar refractivity (Wildman–Crippen MR) is 153 cm³/mol. The van der Waals surface area contributed by atoms with E-state index in [1.807, 2.05) is 37.3 Å². The summed E-state index contributed by atoms with van der Waals surface area (Å²) in [5.41, 5.74) is 0.771. The summed E-state index contributed by atoms with van der Waals surface area (Å²) < 4.78 is -0.677. The number of carbonyl (C=O) groups excluding carboxylic acids is 3. The molecule has 2 unspecified atom stereocenters. The molecule has 1 N–H and O–H groups in total. The molecule has 1 aromatic rings. The molecular weight excluding hydrogens is 498 g/mol. The van der Waals surface area contributed by atoms with Crippen molar-refractivity contribution in [3.05, 3.63) is 55.6 Å². The number of para-hydroxylation sites is 1. The maximum absolute atomic E-state index is 14.3. The van der Waals surface area contributed by atoms with Gasteiger partial charge in [-0.05, 0) is 37.8 Å². The lowest BCUT2D eigenvalue weighted by molar-refractivity contribution is -0.145. The monoisotopic (exact) mass is 539 g/mol. The van der Waals surface area contributed by atoms with Crippen LogP contribution in [0.4, 0.5) is 5.69 Å². The van der Waals surface area contributed by atoms with Gasteiger partial charge in [-0.3, -0.25) is 14.4 Å². The van der Waals surface area contributed by atoms with E-state index in [9.17, 15) is 19.5 Å². The van der Waals surface area contributed by atoms with Crippen LogP contribution < -0.4 is 4.90 Å². The molecule has 3 aliphatic rings. The minimum Gasteiger partial charge on any atom is -0.394 e. The van der Waals surface area contributed by atoms with Gasteiger partial charge in [0, 0.05) is 30.6 Å². The largest absolute Gasteiger partial charge is 0.394 e. The molecule has 3 amide bonds. The average Bonchev–Trinajstić information content (AvgIpc) is 3.58. The number of thioether (sulfide) groups is 1. The molecule has 8 heteroatoms. The van der Waals surface area contributed by atoms with E-state index in [2.05, 4.69) is 20.1 Å². The van der Waals surface area contributed by atoms with Crippen molar-refractivity contribution in [3.8, 4) is 0 Å². The summed E-state index contributed by atoms with van der Waals surface area (Å²) in [5, 5.41) is 10.2. The molecule has 206 valence electrons. The van der Waals surface area contributed by atoms with E-state index in [0.717, 1.165) is 24.9 Å². The van der Waals surface area contributed by atoms with Gasteiger partial charge in [-0.15, -0.1) is 24.9 Å². The second-order valence-corrected chi connectivity index (χ2v) is 12.1. The van der Waals surface area contributed by atoms with Gasteiger partial charge in [0.05, 0.1) is 29.2 Å². The fourth-order valence-corrected chi connectivity index (χ4v) is 8.86. The first kappa shape index (κ1) is 28.4. The van der Waals surface area contributed by atoms with Crippen LogP contribution in [0.25, 0.3) is 0 Å². The Balaban J connectivity index is 1.76. The fraction of sp³-hybridized carbons (Fsp3) is 0.567. The van der Waals surface area contributed by atoms with Crippen LogP contribution >= 0.6 is 11.8 Å². The lowest BCUT2D eigenvalue weighted by Crippen LogP contribution is -2.57. The Hall–Kier alpha value is -2.58. The predicted octanol–water partition coefficient (Wildman–Crippen LogP) is 3.88. The molecule has 7 nitrogen and oxygen atoms in total. The lowest BCUT2D eigenvalue weighted by atomic mass is 9.70. The quantitative estimate of drug-likeness (QED) is 0.385. The number of aliphatic hydroxyl groups excluding tert-OH is 1. The Morgan fingerprint density at radius 3 is 2.50 bits per heavy atom. The summed E-state index contributed by atoms with van der Waals surface area (Å²) in [4.78, 5) is 48.0. The highest BCUT2D eigenvalue weighted by atomic mass is 32.2. The summed E-state index contributed by atoms with van der Waals surface area (Å²) >= 11 is 1.67. The molecular formula is C30H41N3O4S. The molecule has 0 saturated carbocycles. The van der Waals surface area contributed by atoms with Gasteiger partial charge in [0.1, 0.15) is 6.04 Å². The normalized spacial score (nSPS) is 28.2. The van der Waals surface area contributed by atoms with E-state index >= 15 is 0 Å². The number of likely N-dealkylation sites (tertiary alicyclic amines) is 1. The number of fused-ring (bicyclic) bond motifs is 1. The second-order valence-electron chi connectivity index (χ2n) is 10.5. The summed E-state index contributed by atoms with van der Waals surface area (Å²) in [5.74, 6) is -1.47. The third-order valence-corrected chi connectivity index (χ3v) is 10.4. The minimum atomic E-state index is -0.703. The van der Waals surface area contributed by atoms with E-state index in [-0.39, 0.29) is 29.6 Å². The van der Waals surface area contributed by atoms with Crippen molar-refractivity contribution in [2.75, 3.05) is 31.1 Å². The number of hydrogen-bond acceptors (Lipinski definition) is 5. The van der Waals surface area contributed by atoms with Crippen LogP contribution in [0.3, 0.4) is 0 Å². The summed E-state index contributed by atoms with van der Waals surface area (Å²) in [7, 11) is 0. The van der Waals surface area contributed by atoms with Crippen LogP contribution in [0.2, 0.25) is 0 Å². The van der Waals surface area contributed by atoms with Gasteiger partial charge >= 0.3 is 0 Å². The zero-order valence-electron chi connectivity index (χ0n) is 22.6. The second kappa shape index (κ2) is 12.1. The van der Waals surface area contributed by atoms with Crippen LogP contribution in [-0.2, 0) is 14.4 Å². The summed E-state index contributed by atoms with van der Waals surface area (Å²) in [6.07, 6.45) is 7.26. The van der Waals surface area contributed by atoms with Gasteiger partial charge in [0.25, 0.3) is 0 Å². The number of nitrogens with zero attached hydrogens (tertiary/aromatic N) is 3. The maximum atomic E-state index is 14.3. The number of benzene rings is 1. The highest BCUT2D eigenvalue weighted by molar-refractivity contribution is 8.02. The van der Waals surface area contributed by atoms with Gasteiger partial charge in [0.15, 0.2) is 0 Å². The number of amides is 3. The lowest BCUT2D eigenvalue weighted by Gasteiger charge is -2.39. The van der Waals surface area contributed by atoms with Crippen LogP contribution in [0.15, 0.2) is 55.6 Å². The zero-order chi connectivity index (χ0) is 27.4. The van der Waals surface area contributed by atoms with Crippen LogP contribution in [0.1, 0.15) is 46.0 Å². The molecule has 3 saturated heterocycles. The van der Waals surface area contributed by atoms with Crippen molar-refractivity contribution in [3.63, 3.8) is 0 Å². The van der Waals surface area contributed by atoms with Crippen molar-refractivity contribution in [2.45, 2.75) is 68.0 Å². The summed E-state index contributed by atoms with van der Waals surface area (Å²) in [6, 6.07) is 8.31. The third-order valence-electron chi connectivity index (χ3n) is 8.42. The first-order valence-electron chi connectivity index (χ1n) is 13.9. The molecule has 6 atom stereocenters. The molecule has 1 spiro atoms. The smallest absolute Gasteiger partial charge is 0.247 e. The molecule has 2 bridgehead atoms. The highest BCUT2D eigenvalue weighted by Gasteiger charge is 2.74. The van der Waals surface area contributed by atoms with Crippen LogP contribution in [-0.4, -0.2) is 80.9 Å². The van der Waals surface area contributed by atoms with Crippen molar-refractivity contribution in [1.29, 1.82) is 0 Å². The average molecular weight is 540 g/mol.